The van der Waals surface area contributed by atoms with Crippen LogP contribution in [0.25, 0.3) is 5.69 Å². The summed E-state index contributed by atoms with van der Waals surface area (Å²) in [5, 5.41) is 14.4. The van der Waals surface area contributed by atoms with Gasteiger partial charge in [-0.1, -0.05) is 25.4 Å². The van der Waals surface area contributed by atoms with Crippen LogP contribution in [0.1, 0.15) is 36.7 Å². The third kappa shape index (κ3) is 4.71. The average molecular weight is 418 g/mol. The molecule has 0 atom stereocenters. The van der Waals surface area contributed by atoms with E-state index in [2.05, 4.69) is 20.8 Å². The van der Waals surface area contributed by atoms with Gasteiger partial charge in [0.2, 0.25) is 0 Å². The maximum atomic E-state index is 14.1. The molecule has 0 radical (unpaired) electrons. The Morgan fingerprint density at radius 3 is 2.69 bits per heavy atom. The van der Waals surface area contributed by atoms with E-state index in [9.17, 15) is 9.18 Å². The lowest BCUT2D eigenvalue weighted by Crippen LogP contribution is -2.21. The van der Waals surface area contributed by atoms with E-state index in [0.29, 0.717) is 22.3 Å². The fourth-order valence-corrected chi connectivity index (χ4v) is 2.97. The molecule has 0 aliphatic carbocycles. The zero-order chi connectivity index (χ0) is 21.1. The number of aromatic nitrogens is 4. The van der Waals surface area contributed by atoms with Crippen LogP contribution in [-0.2, 0) is 4.79 Å². The van der Waals surface area contributed by atoms with Crippen molar-refractivity contribution in [2.24, 2.45) is 0 Å². The number of nitrogens with zero attached hydrogens (tertiary/aromatic N) is 4. The molecule has 1 aromatic heterocycles. The number of nitrogens with one attached hydrogen (secondary N) is 1. The van der Waals surface area contributed by atoms with Gasteiger partial charge in [0, 0.05) is 10.7 Å². The number of tetrazole rings is 1. The highest BCUT2D eigenvalue weighted by atomic mass is 35.5. The molecule has 3 aromatic rings. The van der Waals surface area contributed by atoms with Gasteiger partial charge in [-0.2, -0.15) is 4.68 Å². The summed E-state index contributed by atoms with van der Waals surface area (Å²) in [4.78, 5) is 12.4. The van der Waals surface area contributed by atoms with Gasteiger partial charge in [-0.3, -0.25) is 4.79 Å². The van der Waals surface area contributed by atoms with Gasteiger partial charge in [-0.25, -0.2) is 4.39 Å². The fourth-order valence-electron chi connectivity index (χ4n) is 2.79. The van der Waals surface area contributed by atoms with Gasteiger partial charge in [0.05, 0.1) is 0 Å². The molecule has 0 unspecified atom stereocenters. The van der Waals surface area contributed by atoms with Crippen LogP contribution in [0, 0.1) is 19.7 Å². The summed E-state index contributed by atoms with van der Waals surface area (Å²) in [6.07, 6.45) is 0. The van der Waals surface area contributed by atoms with Crippen molar-refractivity contribution >= 4 is 23.2 Å². The molecule has 1 heterocycles. The zero-order valence-electron chi connectivity index (χ0n) is 16.5. The van der Waals surface area contributed by atoms with Gasteiger partial charge in [0.15, 0.2) is 12.4 Å². The average Bonchev–Trinajstić information content (AvgIpc) is 3.09. The largest absolute Gasteiger partial charge is 0.483 e. The van der Waals surface area contributed by atoms with E-state index in [4.69, 9.17) is 16.3 Å². The molecule has 0 aliphatic heterocycles. The molecule has 0 saturated heterocycles. The summed E-state index contributed by atoms with van der Waals surface area (Å²) >= 11 is 6.20. The van der Waals surface area contributed by atoms with Crippen LogP contribution in [0.3, 0.4) is 0 Å². The Balaban J connectivity index is 1.73. The Morgan fingerprint density at radius 1 is 1.28 bits per heavy atom. The number of carbonyl (C=O) groups excluding carboxylic acids is 1. The monoisotopic (exact) mass is 417 g/mol. The lowest BCUT2D eigenvalue weighted by Gasteiger charge is -2.16. The van der Waals surface area contributed by atoms with Crippen molar-refractivity contribution in [1.29, 1.82) is 0 Å². The molecule has 0 fully saturated rings. The van der Waals surface area contributed by atoms with E-state index in [1.807, 2.05) is 32.9 Å². The highest BCUT2D eigenvalue weighted by molar-refractivity contribution is 6.31. The smallest absolute Gasteiger partial charge is 0.262 e. The minimum absolute atomic E-state index is 0.140. The molecule has 1 N–H and O–H groups in total. The Labute approximate surface area is 172 Å². The minimum Gasteiger partial charge on any atom is -0.483 e. The van der Waals surface area contributed by atoms with Crippen molar-refractivity contribution in [2.45, 2.75) is 33.6 Å². The van der Waals surface area contributed by atoms with Crippen LogP contribution in [0.5, 0.6) is 5.75 Å². The summed E-state index contributed by atoms with van der Waals surface area (Å²) in [7, 11) is 0. The normalized spacial score (nSPS) is 11.0. The van der Waals surface area contributed by atoms with E-state index in [1.165, 1.54) is 22.9 Å². The van der Waals surface area contributed by atoms with Crippen molar-refractivity contribution in [2.75, 3.05) is 11.9 Å². The van der Waals surface area contributed by atoms with Crippen LogP contribution in [-0.4, -0.2) is 32.7 Å². The Morgan fingerprint density at radius 2 is 2.03 bits per heavy atom. The minimum atomic E-state index is -0.507. The number of aryl methyl sites for hydroxylation is 2. The highest BCUT2D eigenvalue weighted by Gasteiger charge is 2.14. The molecule has 0 spiro atoms. The maximum absolute atomic E-state index is 14.1. The van der Waals surface area contributed by atoms with Gasteiger partial charge < -0.3 is 10.1 Å². The number of benzene rings is 2. The molecule has 9 heteroatoms. The highest BCUT2D eigenvalue weighted by Crippen LogP contribution is 2.32. The molecule has 3 rings (SSSR count). The van der Waals surface area contributed by atoms with E-state index < -0.39 is 5.82 Å². The topological polar surface area (TPSA) is 81.9 Å². The van der Waals surface area contributed by atoms with Gasteiger partial charge in [-0.05, 0) is 71.7 Å². The van der Waals surface area contributed by atoms with Crippen LogP contribution in [0.4, 0.5) is 10.1 Å². The number of hydrogen-bond acceptors (Lipinski definition) is 5. The summed E-state index contributed by atoms with van der Waals surface area (Å²) in [6.45, 7) is 7.38. The third-order valence-electron chi connectivity index (χ3n) is 4.36. The first kappa shape index (κ1) is 20.7. The standard InChI is InChI=1S/C20H21ClFN5O2/c1-11(2)15-9-16(21)12(3)7-19(15)29-10-20(28)23-14-5-6-17(22)18(8-14)27-13(4)24-25-26-27/h5-9,11H,10H2,1-4H3,(H,23,28). The molecular formula is C20H21ClFN5O2. The van der Waals surface area contributed by atoms with Crippen LogP contribution in [0.2, 0.25) is 5.02 Å². The van der Waals surface area contributed by atoms with E-state index in [1.54, 1.807) is 6.92 Å². The number of ether oxygens (including phenoxy) is 1. The van der Waals surface area contributed by atoms with E-state index in [-0.39, 0.29) is 24.1 Å². The Bertz CT molecular complexity index is 1050. The predicted octanol–water partition coefficient (Wildman–Crippen LogP) is 4.21. The van der Waals surface area contributed by atoms with Crippen molar-refractivity contribution in [3.05, 3.63) is 58.1 Å². The summed E-state index contributed by atoms with van der Waals surface area (Å²) in [5.74, 6) is 0.340. The lowest BCUT2D eigenvalue weighted by atomic mass is 10.0. The molecule has 1 amide bonds. The number of anilines is 1. The Hall–Kier alpha value is -3.00. The van der Waals surface area contributed by atoms with Crippen LogP contribution >= 0.6 is 11.6 Å². The molecular weight excluding hydrogens is 397 g/mol. The quantitative estimate of drug-likeness (QED) is 0.649. The van der Waals surface area contributed by atoms with Crippen LogP contribution < -0.4 is 10.1 Å². The fraction of sp³-hybridized carbons (Fsp3) is 0.300. The molecule has 29 heavy (non-hydrogen) atoms. The molecule has 0 saturated carbocycles. The molecule has 0 bridgehead atoms. The first-order chi connectivity index (χ1) is 13.8. The van der Waals surface area contributed by atoms with Gasteiger partial charge in [0.25, 0.3) is 5.91 Å². The third-order valence-corrected chi connectivity index (χ3v) is 4.76. The summed E-state index contributed by atoms with van der Waals surface area (Å²) in [6, 6.07) is 7.84. The second kappa shape index (κ2) is 8.57. The summed E-state index contributed by atoms with van der Waals surface area (Å²) in [5.41, 5.74) is 2.33. The molecule has 7 nitrogen and oxygen atoms in total. The first-order valence-electron chi connectivity index (χ1n) is 9.04. The molecule has 0 aliphatic rings. The molecule has 152 valence electrons. The zero-order valence-corrected chi connectivity index (χ0v) is 17.3. The predicted molar refractivity (Wildman–Crippen MR) is 108 cm³/mol. The van der Waals surface area contributed by atoms with Crippen molar-refractivity contribution in [3.8, 4) is 11.4 Å². The molecule has 2 aromatic carbocycles. The summed E-state index contributed by atoms with van der Waals surface area (Å²) < 4.78 is 21.1. The number of carbonyl (C=O) groups is 1. The first-order valence-corrected chi connectivity index (χ1v) is 9.41. The second-order valence-corrected chi connectivity index (χ2v) is 7.34. The van der Waals surface area contributed by atoms with E-state index >= 15 is 0 Å². The van der Waals surface area contributed by atoms with Crippen molar-refractivity contribution in [1.82, 2.24) is 20.2 Å². The number of rotatable bonds is 6. The van der Waals surface area contributed by atoms with E-state index in [0.717, 1.165) is 11.1 Å². The number of halogens is 2. The second-order valence-electron chi connectivity index (χ2n) is 6.93. The maximum Gasteiger partial charge on any atom is 0.262 e. The van der Waals surface area contributed by atoms with Crippen molar-refractivity contribution < 1.29 is 13.9 Å². The number of amides is 1. The number of hydrogen-bond donors (Lipinski definition) is 1. The van der Waals surface area contributed by atoms with Crippen LogP contribution in [0.15, 0.2) is 30.3 Å². The van der Waals surface area contributed by atoms with Crippen molar-refractivity contribution in [3.63, 3.8) is 0 Å². The lowest BCUT2D eigenvalue weighted by molar-refractivity contribution is -0.118. The Kier molecular flexibility index (Phi) is 6.12. The van der Waals surface area contributed by atoms with Gasteiger partial charge >= 0.3 is 0 Å². The van der Waals surface area contributed by atoms with Gasteiger partial charge in [0.1, 0.15) is 17.3 Å². The SMILES string of the molecule is Cc1cc(OCC(=O)Nc2ccc(F)c(-n3nnnc3C)c2)c(C(C)C)cc1Cl. The van der Waals surface area contributed by atoms with Gasteiger partial charge in [-0.15, -0.1) is 5.10 Å².